The van der Waals surface area contributed by atoms with Gasteiger partial charge in [0.15, 0.2) is 11.5 Å². The highest BCUT2D eigenvalue weighted by atomic mass is 16.5. The molecule has 1 fully saturated rings. The van der Waals surface area contributed by atoms with Gasteiger partial charge in [0.1, 0.15) is 11.5 Å². The van der Waals surface area contributed by atoms with Crippen molar-refractivity contribution in [3.05, 3.63) is 41.0 Å². The van der Waals surface area contributed by atoms with E-state index < -0.39 is 0 Å². The maximum Gasteiger partial charge on any atom is 0.272 e. The van der Waals surface area contributed by atoms with Gasteiger partial charge in [-0.05, 0) is 44.4 Å². The van der Waals surface area contributed by atoms with Gasteiger partial charge < -0.3 is 24.3 Å². The number of carbonyl (C=O) groups is 2. The summed E-state index contributed by atoms with van der Waals surface area (Å²) >= 11 is 0. The Morgan fingerprint density at radius 3 is 2.40 bits per heavy atom. The minimum Gasteiger partial charge on any atom is -0.493 e. The van der Waals surface area contributed by atoms with Crippen molar-refractivity contribution in [3.63, 3.8) is 0 Å². The fourth-order valence-electron chi connectivity index (χ4n) is 4.10. The van der Waals surface area contributed by atoms with E-state index in [1.807, 2.05) is 36.9 Å². The van der Waals surface area contributed by atoms with Crippen molar-refractivity contribution in [2.75, 3.05) is 27.3 Å². The van der Waals surface area contributed by atoms with Gasteiger partial charge in [0.05, 0.1) is 14.2 Å². The first-order valence-electron chi connectivity index (χ1n) is 10.2. The Bertz CT molecular complexity index is 929. The van der Waals surface area contributed by atoms with Crippen LogP contribution in [0, 0.1) is 13.8 Å². The normalized spacial score (nSPS) is 14.5. The molecule has 30 heavy (non-hydrogen) atoms. The summed E-state index contributed by atoms with van der Waals surface area (Å²) < 4.78 is 12.7. The Balaban J connectivity index is 1.69. The summed E-state index contributed by atoms with van der Waals surface area (Å²) in [4.78, 5) is 30.8. The number of hydrogen-bond acceptors (Lipinski definition) is 5. The number of amides is 2. The van der Waals surface area contributed by atoms with Crippen LogP contribution in [0.1, 0.15) is 53.4 Å². The molecule has 0 atom stereocenters. The molecule has 1 aliphatic heterocycles. The zero-order valence-corrected chi connectivity index (χ0v) is 18.3. The van der Waals surface area contributed by atoms with Gasteiger partial charge in [-0.1, -0.05) is 6.07 Å². The lowest BCUT2D eigenvalue weighted by Crippen LogP contribution is -2.38. The number of benzene rings is 1. The average Bonchev–Trinajstić information content (AvgIpc) is 3.05. The van der Waals surface area contributed by atoms with E-state index in [9.17, 15) is 9.59 Å². The van der Waals surface area contributed by atoms with Crippen LogP contribution in [0.15, 0.2) is 18.2 Å². The first kappa shape index (κ1) is 21.7. The summed E-state index contributed by atoms with van der Waals surface area (Å²) in [5, 5.41) is 2.95. The van der Waals surface area contributed by atoms with Gasteiger partial charge in [-0.15, -0.1) is 0 Å². The summed E-state index contributed by atoms with van der Waals surface area (Å²) in [6.45, 7) is 7.30. The van der Waals surface area contributed by atoms with E-state index in [-0.39, 0.29) is 17.9 Å². The Morgan fingerprint density at radius 1 is 1.13 bits per heavy atom. The molecule has 1 aliphatic rings. The zero-order chi connectivity index (χ0) is 21.8. The van der Waals surface area contributed by atoms with Crippen molar-refractivity contribution in [2.24, 2.45) is 0 Å². The van der Waals surface area contributed by atoms with Crippen molar-refractivity contribution in [3.8, 4) is 11.5 Å². The molecule has 162 valence electrons. The maximum absolute atomic E-state index is 12.8. The zero-order valence-electron chi connectivity index (χ0n) is 18.3. The molecule has 2 amide bonds. The fourth-order valence-corrected chi connectivity index (χ4v) is 4.10. The minimum atomic E-state index is -0.203. The van der Waals surface area contributed by atoms with Crippen molar-refractivity contribution in [1.82, 2.24) is 19.8 Å². The van der Waals surface area contributed by atoms with Crippen molar-refractivity contribution in [1.29, 1.82) is 0 Å². The van der Waals surface area contributed by atoms with E-state index in [2.05, 4.69) is 14.9 Å². The van der Waals surface area contributed by atoms with Crippen molar-refractivity contribution in [2.45, 2.75) is 46.2 Å². The van der Waals surface area contributed by atoms with E-state index in [0.717, 1.165) is 43.0 Å². The molecule has 1 aromatic carbocycles. The summed E-state index contributed by atoms with van der Waals surface area (Å²) in [6.07, 6.45) is 1.73. The second-order valence-electron chi connectivity index (χ2n) is 7.57. The molecular formula is C22H30N4O4. The maximum atomic E-state index is 12.8. The molecule has 0 radical (unpaired) electrons. The third kappa shape index (κ3) is 4.42. The number of imidazole rings is 1. The molecule has 2 heterocycles. The Morgan fingerprint density at radius 2 is 1.80 bits per heavy atom. The number of rotatable bonds is 6. The predicted octanol–water partition coefficient (Wildman–Crippen LogP) is 2.63. The third-order valence-corrected chi connectivity index (χ3v) is 5.72. The standard InChI is InChI=1S/C22H30N4O4/c1-14-21(22(28)23-13-17-6-7-19(29-4)20(12-17)30-5)24-15(2)26(14)18-8-10-25(11-9-18)16(3)27/h6-7,12,18H,8-11,13H2,1-5H3,(H,23,28). The molecule has 1 N–H and O–H groups in total. The number of aromatic nitrogens is 2. The molecule has 8 nitrogen and oxygen atoms in total. The number of aryl methyl sites for hydroxylation is 1. The summed E-state index contributed by atoms with van der Waals surface area (Å²) in [7, 11) is 3.17. The summed E-state index contributed by atoms with van der Waals surface area (Å²) in [5.74, 6) is 2.00. The largest absolute Gasteiger partial charge is 0.493 e. The van der Waals surface area contributed by atoms with Gasteiger partial charge in [0.25, 0.3) is 5.91 Å². The summed E-state index contributed by atoms with van der Waals surface area (Å²) in [6, 6.07) is 5.80. The number of nitrogens with zero attached hydrogens (tertiary/aromatic N) is 3. The van der Waals surface area contributed by atoms with Crippen LogP contribution in [0.25, 0.3) is 0 Å². The first-order chi connectivity index (χ1) is 14.3. The van der Waals surface area contributed by atoms with Gasteiger partial charge in [0, 0.05) is 38.3 Å². The Hall–Kier alpha value is -3.03. The molecule has 0 spiro atoms. The number of hydrogen-bond donors (Lipinski definition) is 1. The van der Waals surface area contributed by atoms with Crippen molar-refractivity contribution < 1.29 is 19.1 Å². The van der Waals surface area contributed by atoms with Crippen LogP contribution in [0.4, 0.5) is 0 Å². The number of piperidine rings is 1. The number of methoxy groups -OCH3 is 2. The van der Waals surface area contributed by atoms with Crippen LogP contribution in [0.5, 0.6) is 11.5 Å². The van der Waals surface area contributed by atoms with Crippen molar-refractivity contribution >= 4 is 11.8 Å². The molecule has 0 unspecified atom stereocenters. The van der Waals surface area contributed by atoms with E-state index in [1.54, 1.807) is 21.1 Å². The number of nitrogens with one attached hydrogen (secondary N) is 1. The lowest BCUT2D eigenvalue weighted by Gasteiger charge is -2.33. The molecule has 2 aromatic rings. The van der Waals surface area contributed by atoms with Gasteiger partial charge in [-0.25, -0.2) is 4.98 Å². The highest BCUT2D eigenvalue weighted by Crippen LogP contribution is 2.28. The number of ether oxygens (including phenoxy) is 2. The number of likely N-dealkylation sites (tertiary alicyclic amines) is 1. The van der Waals surface area contributed by atoms with E-state index in [4.69, 9.17) is 9.47 Å². The molecule has 0 aliphatic carbocycles. The van der Waals surface area contributed by atoms with Crippen LogP contribution in [-0.2, 0) is 11.3 Å². The van der Waals surface area contributed by atoms with Crippen LogP contribution in [-0.4, -0.2) is 53.6 Å². The highest BCUT2D eigenvalue weighted by Gasteiger charge is 2.27. The molecule has 1 saturated heterocycles. The molecule has 0 bridgehead atoms. The van der Waals surface area contributed by atoms with Crippen LogP contribution in [0.2, 0.25) is 0 Å². The second kappa shape index (κ2) is 9.19. The fraction of sp³-hybridized carbons (Fsp3) is 0.500. The monoisotopic (exact) mass is 414 g/mol. The summed E-state index contributed by atoms with van der Waals surface area (Å²) in [5.41, 5.74) is 2.21. The van der Waals surface area contributed by atoms with E-state index >= 15 is 0 Å². The van der Waals surface area contributed by atoms with Crippen LogP contribution in [0.3, 0.4) is 0 Å². The van der Waals surface area contributed by atoms with Crippen LogP contribution < -0.4 is 14.8 Å². The molecule has 1 aromatic heterocycles. The highest BCUT2D eigenvalue weighted by molar-refractivity contribution is 5.93. The Kier molecular flexibility index (Phi) is 6.64. The average molecular weight is 415 g/mol. The molecule has 3 rings (SSSR count). The molecular weight excluding hydrogens is 384 g/mol. The Labute approximate surface area is 177 Å². The first-order valence-corrected chi connectivity index (χ1v) is 10.2. The van der Waals surface area contributed by atoms with E-state index in [1.165, 1.54) is 0 Å². The minimum absolute atomic E-state index is 0.114. The third-order valence-electron chi connectivity index (χ3n) is 5.72. The number of carbonyl (C=O) groups excluding carboxylic acids is 2. The lowest BCUT2D eigenvalue weighted by atomic mass is 10.0. The topological polar surface area (TPSA) is 85.7 Å². The smallest absolute Gasteiger partial charge is 0.272 e. The van der Waals surface area contributed by atoms with Crippen LogP contribution >= 0.6 is 0 Å². The van der Waals surface area contributed by atoms with Gasteiger partial charge in [-0.2, -0.15) is 0 Å². The predicted molar refractivity (Wildman–Crippen MR) is 113 cm³/mol. The van der Waals surface area contributed by atoms with E-state index in [0.29, 0.717) is 23.7 Å². The van der Waals surface area contributed by atoms with Gasteiger partial charge in [0.2, 0.25) is 5.91 Å². The molecule has 0 saturated carbocycles. The van der Waals surface area contributed by atoms with Gasteiger partial charge >= 0.3 is 0 Å². The van der Waals surface area contributed by atoms with Gasteiger partial charge in [-0.3, -0.25) is 9.59 Å². The quantitative estimate of drug-likeness (QED) is 0.785. The molecule has 8 heteroatoms. The SMILES string of the molecule is COc1ccc(CNC(=O)c2nc(C)n(C3CCN(C(C)=O)CC3)c2C)cc1OC. The second-order valence-corrected chi connectivity index (χ2v) is 7.57. The lowest BCUT2D eigenvalue weighted by molar-refractivity contribution is -0.130.